The number of methoxy groups -OCH3 is 1. The first kappa shape index (κ1) is 26.8. The lowest BCUT2D eigenvalue weighted by Gasteiger charge is -2.39. The van der Waals surface area contributed by atoms with Crippen molar-refractivity contribution in [1.29, 1.82) is 0 Å². The molecule has 0 spiro atoms. The maximum absolute atomic E-state index is 13.3. The summed E-state index contributed by atoms with van der Waals surface area (Å²) >= 11 is 0. The molecule has 3 heterocycles. The van der Waals surface area contributed by atoms with Crippen LogP contribution in [0.3, 0.4) is 0 Å². The summed E-state index contributed by atoms with van der Waals surface area (Å²) in [4.78, 5) is 16.1. The molecule has 1 aromatic heterocycles. The predicted molar refractivity (Wildman–Crippen MR) is 156 cm³/mol. The Hall–Kier alpha value is -2.79. The van der Waals surface area contributed by atoms with Gasteiger partial charge in [-0.2, -0.15) is 0 Å². The number of carbonyl (C=O) groups excluding carboxylic acids is 1. The minimum atomic E-state index is -0.0355. The third-order valence-corrected chi connectivity index (χ3v) is 8.87. The molecule has 5 nitrogen and oxygen atoms in total. The molecule has 2 saturated heterocycles. The number of unbranched alkanes of at least 4 members (excludes halogenated alkanes) is 2. The van der Waals surface area contributed by atoms with Crippen molar-refractivity contribution >= 4 is 16.8 Å². The molecule has 2 aliphatic heterocycles. The van der Waals surface area contributed by atoms with Crippen LogP contribution in [0.25, 0.3) is 10.9 Å². The Kier molecular flexibility index (Phi) is 8.73. The van der Waals surface area contributed by atoms with Crippen LogP contribution in [0, 0.1) is 12.8 Å². The Morgan fingerprint density at radius 3 is 2.55 bits per heavy atom. The minimum Gasteiger partial charge on any atom is -0.495 e. The first-order valence-corrected chi connectivity index (χ1v) is 14.8. The van der Waals surface area contributed by atoms with Crippen molar-refractivity contribution in [3.05, 3.63) is 65.4 Å². The van der Waals surface area contributed by atoms with Gasteiger partial charge in [0.2, 0.25) is 0 Å². The van der Waals surface area contributed by atoms with Crippen molar-refractivity contribution in [2.75, 3.05) is 13.7 Å². The molecule has 2 unspecified atom stereocenters. The summed E-state index contributed by atoms with van der Waals surface area (Å²) in [5.41, 5.74) is 4.06. The molecule has 1 amide bonds. The standard InChI is InChI=1S/C33H45N3O2/c1-4-5-6-11-25-20-27-15-16-28(21-25)36(27)18-9-17-35-23-30(29-13-8-14-31(38-3)32(29)35)33(37)34-22-26-12-7-10-24(2)19-26/h7-8,10,12-14,19,23,25,27-28H,4-6,9,11,15-18,20-22H2,1-3H3,(H,34,37). The van der Waals surface area contributed by atoms with Gasteiger partial charge in [-0.1, -0.05) is 74.6 Å². The molecule has 2 fully saturated rings. The lowest BCUT2D eigenvalue weighted by atomic mass is 9.86. The monoisotopic (exact) mass is 515 g/mol. The fourth-order valence-corrected chi connectivity index (χ4v) is 7.04. The summed E-state index contributed by atoms with van der Waals surface area (Å²) in [6.07, 6.45) is 14.2. The number of nitrogens with zero attached hydrogens (tertiary/aromatic N) is 2. The average Bonchev–Trinajstić information content (AvgIpc) is 3.41. The largest absolute Gasteiger partial charge is 0.495 e. The van der Waals surface area contributed by atoms with Crippen molar-refractivity contribution < 1.29 is 9.53 Å². The number of amides is 1. The Labute approximate surface area is 228 Å². The number of piperidine rings is 1. The van der Waals surface area contributed by atoms with E-state index in [2.05, 4.69) is 46.8 Å². The number of benzene rings is 2. The van der Waals surface area contributed by atoms with E-state index in [0.29, 0.717) is 6.54 Å². The van der Waals surface area contributed by atoms with E-state index < -0.39 is 0 Å². The van der Waals surface area contributed by atoms with Crippen LogP contribution in [0.2, 0.25) is 0 Å². The first-order valence-electron chi connectivity index (χ1n) is 14.8. The molecule has 3 aromatic rings. The van der Waals surface area contributed by atoms with Gasteiger partial charge < -0.3 is 14.6 Å². The van der Waals surface area contributed by atoms with Gasteiger partial charge >= 0.3 is 0 Å². The highest BCUT2D eigenvalue weighted by atomic mass is 16.5. The summed E-state index contributed by atoms with van der Waals surface area (Å²) in [7, 11) is 1.71. The van der Waals surface area contributed by atoms with E-state index in [0.717, 1.165) is 65.3 Å². The zero-order valence-corrected chi connectivity index (χ0v) is 23.5. The van der Waals surface area contributed by atoms with Crippen LogP contribution in [0.4, 0.5) is 0 Å². The summed E-state index contributed by atoms with van der Waals surface area (Å²) < 4.78 is 7.98. The van der Waals surface area contributed by atoms with E-state index in [1.165, 1.54) is 56.9 Å². The van der Waals surface area contributed by atoms with Gasteiger partial charge in [-0.25, -0.2) is 0 Å². The maximum atomic E-state index is 13.3. The molecular formula is C33H45N3O2. The lowest BCUT2D eigenvalue weighted by molar-refractivity contribution is 0.0952. The summed E-state index contributed by atoms with van der Waals surface area (Å²) in [6, 6.07) is 15.9. The molecule has 0 saturated carbocycles. The number of aromatic nitrogens is 1. The van der Waals surface area contributed by atoms with Gasteiger partial charge in [-0.15, -0.1) is 0 Å². The van der Waals surface area contributed by atoms with Crippen LogP contribution >= 0.6 is 0 Å². The highest BCUT2D eigenvalue weighted by molar-refractivity contribution is 6.08. The molecule has 2 aliphatic rings. The van der Waals surface area contributed by atoms with Gasteiger partial charge in [-0.3, -0.25) is 9.69 Å². The lowest BCUT2D eigenvalue weighted by Crippen LogP contribution is -2.43. The van der Waals surface area contributed by atoms with Gasteiger partial charge in [0.15, 0.2) is 0 Å². The molecule has 0 aliphatic carbocycles. The molecule has 1 N–H and O–H groups in total. The van der Waals surface area contributed by atoms with Crippen molar-refractivity contribution in [2.45, 2.75) is 96.8 Å². The second kappa shape index (κ2) is 12.4. The quantitative estimate of drug-likeness (QED) is 0.262. The normalized spacial score (nSPS) is 21.2. The number of nitrogens with one attached hydrogen (secondary N) is 1. The molecule has 38 heavy (non-hydrogen) atoms. The number of fused-ring (bicyclic) bond motifs is 3. The van der Waals surface area contributed by atoms with Crippen LogP contribution in [0.15, 0.2) is 48.7 Å². The highest BCUT2D eigenvalue weighted by Crippen LogP contribution is 2.40. The first-order chi connectivity index (χ1) is 18.6. The van der Waals surface area contributed by atoms with E-state index in [9.17, 15) is 4.79 Å². The highest BCUT2D eigenvalue weighted by Gasteiger charge is 2.39. The summed E-state index contributed by atoms with van der Waals surface area (Å²) in [5, 5.41) is 4.09. The van der Waals surface area contributed by atoms with E-state index in [1.54, 1.807) is 7.11 Å². The number of rotatable bonds is 12. The van der Waals surface area contributed by atoms with Crippen LogP contribution in [-0.4, -0.2) is 41.1 Å². The molecular weight excluding hydrogens is 470 g/mol. The SMILES string of the molecule is CCCCCC1CC2CCC(C1)N2CCCn1cc(C(=O)NCc2cccc(C)c2)c2cccc(OC)c21. The van der Waals surface area contributed by atoms with Crippen molar-refractivity contribution in [2.24, 2.45) is 5.92 Å². The summed E-state index contributed by atoms with van der Waals surface area (Å²) in [6.45, 7) is 6.93. The number of hydrogen-bond donors (Lipinski definition) is 1. The third-order valence-electron chi connectivity index (χ3n) is 8.87. The fourth-order valence-electron chi connectivity index (χ4n) is 7.04. The minimum absolute atomic E-state index is 0.0355. The Morgan fingerprint density at radius 2 is 1.82 bits per heavy atom. The second-order valence-corrected chi connectivity index (χ2v) is 11.6. The Morgan fingerprint density at radius 1 is 1.03 bits per heavy atom. The van der Waals surface area contributed by atoms with Crippen LogP contribution in [0.1, 0.15) is 86.2 Å². The van der Waals surface area contributed by atoms with Crippen LogP contribution in [-0.2, 0) is 13.1 Å². The number of carbonyl (C=O) groups is 1. The van der Waals surface area contributed by atoms with Gasteiger partial charge in [0, 0.05) is 43.3 Å². The molecule has 2 aromatic carbocycles. The summed E-state index contributed by atoms with van der Waals surface area (Å²) in [5.74, 6) is 1.73. The van der Waals surface area contributed by atoms with Crippen molar-refractivity contribution in [3.8, 4) is 5.75 Å². The zero-order chi connectivity index (χ0) is 26.5. The number of ether oxygens (including phenoxy) is 1. The Balaban J connectivity index is 1.24. The van der Waals surface area contributed by atoms with Gasteiger partial charge in [0.05, 0.1) is 18.2 Å². The van der Waals surface area contributed by atoms with Gasteiger partial charge in [0.1, 0.15) is 5.75 Å². The zero-order valence-electron chi connectivity index (χ0n) is 23.5. The molecule has 0 radical (unpaired) electrons. The fraction of sp³-hybridized carbons (Fsp3) is 0.545. The van der Waals surface area contributed by atoms with Gasteiger partial charge in [-0.05, 0) is 56.6 Å². The topological polar surface area (TPSA) is 46.5 Å². The molecule has 2 bridgehead atoms. The van der Waals surface area contributed by atoms with Crippen LogP contribution < -0.4 is 10.1 Å². The van der Waals surface area contributed by atoms with E-state index >= 15 is 0 Å². The number of hydrogen-bond acceptors (Lipinski definition) is 3. The smallest absolute Gasteiger partial charge is 0.253 e. The molecule has 2 atom stereocenters. The molecule has 5 rings (SSSR count). The van der Waals surface area contributed by atoms with Crippen molar-refractivity contribution in [1.82, 2.24) is 14.8 Å². The van der Waals surface area contributed by atoms with E-state index in [-0.39, 0.29) is 5.91 Å². The van der Waals surface area contributed by atoms with E-state index in [1.807, 2.05) is 30.5 Å². The Bertz CT molecular complexity index is 1220. The molecule has 204 valence electrons. The second-order valence-electron chi connectivity index (χ2n) is 11.6. The molecule has 5 heteroatoms. The van der Waals surface area contributed by atoms with Crippen LogP contribution in [0.5, 0.6) is 5.75 Å². The van der Waals surface area contributed by atoms with Crippen molar-refractivity contribution in [3.63, 3.8) is 0 Å². The maximum Gasteiger partial charge on any atom is 0.253 e. The number of aryl methyl sites for hydroxylation is 2. The predicted octanol–water partition coefficient (Wildman–Crippen LogP) is 7.10. The van der Waals surface area contributed by atoms with E-state index in [4.69, 9.17) is 4.74 Å². The third kappa shape index (κ3) is 5.93. The average molecular weight is 516 g/mol. The number of para-hydroxylation sites is 1. The van der Waals surface area contributed by atoms with Gasteiger partial charge in [0.25, 0.3) is 5.91 Å².